The molecular formula is C27H29N5O4S. The first-order valence-electron chi connectivity index (χ1n) is 12.0. The van der Waals surface area contributed by atoms with E-state index in [4.69, 9.17) is 9.47 Å². The summed E-state index contributed by atoms with van der Waals surface area (Å²) in [6.07, 6.45) is 0. The Morgan fingerprint density at radius 1 is 1.08 bits per heavy atom. The Bertz CT molecular complexity index is 1420. The van der Waals surface area contributed by atoms with E-state index in [-0.39, 0.29) is 11.8 Å². The number of rotatable bonds is 7. The molecule has 4 aromatic rings. The maximum atomic E-state index is 13.1. The summed E-state index contributed by atoms with van der Waals surface area (Å²) in [5, 5.41) is 13.8. The Labute approximate surface area is 218 Å². The number of anilines is 2. The summed E-state index contributed by atoms with van der Waals surface area (Å²) in [7, 11) is 1.61. The number of H-pyrrole nitrogens is 1. The van der Waals surface area contributed by atoms with E-state index in [0.717, 1.165) is 30.1 Å². The van der Waals surface area contributed by atoms with Crippen LogP contribution in [0.25, 0.3) is 10.2 Å². The molecule has 0 radical (unpaired) electrons. The van der Waals surface area contributed by atoms with Crippen LogP contribution >= 0.6 is 11.3 Å². The summed E-state index contributed by atoms with van der Waals surface area (Å²) < 4.78 is 10.7. The Balaban J connectivity index is 1.28. The van der Waals surface area contributed by atoms with Crippen molar-refractivity contribution in [1.82, 2.24) is 15.5 Å². The molecule has 3 heterocycles. The monoisotopic (exact) mass is 519 g/mol. The molecule has 1 aliphatic rings. The van der Waals surface area contributed by atoms with Crippen LogP contribution in [0.3, 0.4) is 0 Å². The number of nitrogens with one attached hydrogen (secondary N) is 3. The van der Waals surface area contributed by atoms with Gasteiger partial charge in [0.05, 0.1) is 36.1 Å². The van der Waals surface area contributed by atoms with E-state index < -0.39 is 5.54 Å². The third-order valence-electron chi connectivity index (χ3n) is 6.44. The van der Waals surface area contributed by atoms with Crippen LogP contribution in [0.15, 0.2) is 54.6 Å². The molecular weight excluding hydrogens is 490 g/mol. The lowest BCUT2D eigenvalue weighted by molar-refractivity contribution is 0.0915. The molecule has 1 saturated heterocycles. The van der Waals surface area contributed by atoms with Crippen molar-refractivity contribution in [3.05, 3.63) is 70.6 Å². The van der Waals surface area contributed by atoms with Gasteiger partial charge < -0.3 is 25.0 Å². The van der Waals surface area contributed by atoms with Gasteiger partial charge in [-0.25, -0.2) is 0 Å². The van der Waals surface area contributed by atoms with Crippen LogP contribution in [0.2, 0.25) is 0 Å². The van der Waals surface area contributed by atoms with Gasteiger partial charge in [0.1, 0.15) is 16.4 Å². The van der Waals surface area contributed by atoms with E-state index in [2.05, 4.69) is 25.7 Å². The molecule has 0 atom stereocenters. The highest BCUT2D eigenvalue weighted by Gasteiger charge is 2.26. The zero-order valence-corrected chi connectivity index (χ0v) is 21.8. The van der Waals surface area contributed by atoms with Gasteiger partial charge >= 0.3 is 0 Å². The molecule has 10 heteroatoms. The van der Waals surface area contributed by atoms with E-state index in [1.54, 1.807) is 25.3 Å². The molecule has 0 unspecified atom stereocenters. The minimum Gasteiger partial charge on any atom is -0.497 e. The summed E-state index contributed by atoms with van der Waals surface area (Å²) in [5.41, 5.74) is 1.90. The SMILES string of the molecule is COc1cccc(C(C)(C)NC(=O)c2cc3c(NC(=O)c4ccc(N5CCOCC5)cc4)[nH]nc3s2)c1. The number of hydrogen-bond acceptors (Lipinski definition) is 7. The lowest BCUT2D eigenvalue weighted by Gasteiger charge is -2.28. The molecule has 1 aliphatic heterocycles. The lowest BCUT2D eigenvalue weighted by atomic mass is 9.94. The molecule has 37 heavy (non-hydrogen) atoms. The Morgan fingerprint density at radius 2 is 1.84 bits per heavy atom. The molecule has 192 valence electrons. The molecule has 2 aromatic carbocycles. The topological polar surface area (TPSA) is 109 Å². The van der Waals surface area contributed by atoms with Crippen molar-refractivity contribution in [1.29, 1.82) is 0 Å². The zero-order valence-electron chi connectivity index (χ0n) is 21.0. The predicted octanol–water partition coefficient (Wildman–Crippen LogP) is 4.39. The molecule has 2 amide bonds. The molecule has 0 spiro atoms. The second-order valence-corrected chi connectivity index (χ2v) is 10.4. The van der Waals surface area contributed by atoms with Crippen molar-refractivity contribution in [3.63, 3.8) is 0 Å². The van der Waals surface area contributed by atoms with Crippen molar-refractivity contribution < 1.29 is 19.1 Å². The van der Waals surface area contributed by atoms with Crippen LogP contribution < -0.4 is 20.3 Å². The second-order valence-electron chi connectivity index (χ2n) is 9.34. The quantitative estimate of drug-likeness (QED) is 0.334. The highest BCUT2D eigenvalue weighted by Crippen LogP contribution is 2.31. The van der Waals surface area contributed by atoms with Gasteiger partial charge in [-0.15, -0.1) is 11.3 Å². The molecule has 0 saturated carbocycles. The van der Waals surface area contributed by atoms with E-state index >= 15 is 0 Å². The van der Waals surface area contributed by atoms with E-state index in [0.29, 0.717) is 39.7 Å². The lowest BCUT2D eigenvalue weighted by Crippen LogP contribution is -2.40. The van der Waals surface area contributed by atoms with Crippen molar-refractivity contribution in [2.45, 2.75) is 19.4 Å². The highest BCUT2D eigenvalue weighted by molar-refractivity contribution is 7.20. The molecule has 2 aromatic heterocycles. The van der Waals surface area contributed by atoms with Gasteiger partial charge in [-0.05, 0) is 61.9 Å². The predicted molar refractivity (Wildman–Crippen MR) is 145 cm³/mol. The van der Waals surface area contributed by atoms with Crippen LogP contribution in [0, 0.1) is 0 Å². The molecule has 9 nitrogen and oxygen atoms in total. The van der Waals surface area contributed by atoms with E-state index in [9.17, 15) is 9.59 Å². The van der Waals surface area contributed by atoms with Gasteiger partial charge in [0.15, 0.2) is 0 Å². The highest BCUT2D eigenvalue weighted by atomic mass is 32.1. The standard InChI is InChI=1S/C27H29N5O4S/c1-27(2,18-5-4-6-20(15-18)35-3)29-25(34)22-16-21-23(30-31-26(21)37-22)28-24(33)17-7-9-19(10-8-17)32-11-13-36-14-12-32/h4-10,15-16H,11-14H2,1-3H3,(H,29,34)(H2,28,30,31,33). The van der Waals surface area contributed by atoms with Crippen LogP contribution in [0.5, 0.6) is 5.75 Å². The second kappa shape index (κ2) is 10.2. The fraction of sp³-hybridized carbons (Fsp3) is 0.296. The average Bonchev–Trinajstić information content (AvgIpc) is 3.51. The summed E-state index contributed by atoms with van der Waals surface area (Å²) >= 11 is 1.26. The third kappa shape index (κ3) is 5.30. The van der Waals surface area contributed by atoms with E-state index in [1.807, 2.05) is 50.2 Å². The number of fused-ring (bicyclic) bond motifs is 1. The number of aromatic amines is 1. The summed E-state index contributed by atoms with van der Waals surface area (Å²) in [4.78, 5) is 29.4. The molecule has 0 aliphatic carbocycles. The number of aromatic nitrogens is 2. The van der Waals surface area contributed by atoms with Gasteiger partial charge in [-0.3, -0.25) is 14.7 Å². The van der Waals surface area contributed by atoms with E-state index in [1.165, 1.54) is 11.3 Å². The first kappa shape index (κ1) is 24.8. The number of methoxy groups -OCH3 is 1. The Hall–Kier alpha value is -3.89. The fourth-order valence-electron chi connectivity index (χ4n) is 4.28. The van der Waals surface area contributed by atoms with Crippen LogP contribution in [0.4, 0.5) is 11.5 Å². The number of amides is 2. The smallest absolute Gasteiger partial charge is 0.262 e. The maximum absolute atomic E-state index is 13.1. The maximum Gasteiger partial charge on any atom is 0.262 e. The van der Waals surface area contributed by atoms with Gasteiger partial charge in [-0.2, -0.15) is 5.10 Å². The van der Waals surface area contributed by atoms with Crippen molar-refractivity contribution in [2.24, 2.45) is 0 Å². The minimum absolute atomic E-state index is 0.216. The molecule has 5 rings (SSSR count). The third-order valence-corrected chi connectivity index (χ3v) is 7.46. The molecule has 1 fully saturated rings. The van der Waals surface area contributed by atoms with Crippen molar-refractivity contribution in [2.75, 3.05) is 43.6 Å². The Kier molecular flexibility index (Phi) is 6.86. The number of morpholine rings is 1. The first-order valence-corrected chi connectivity index (χ1v) is 12.8. The Morgan fingerprint density at radius 3 is 2.57 bits per heavy atom. The number of hydrogen-bond donors (Lipinski definition) is 3. The average molecular weight is 520 g/mol. The van der Waals surface area contributed by atoms with Crippen molar-refractivity contribution in [3.8, 4) is 5.75 Å². The fourth-order valence-corrected chi connectivity index (χ4v) is 5.17. The summed E-state index contributed by atoms with van der Waals surface area (Å²) in [6.45, 7) is 6.96. The van der Waals surface area contributed by atoms with Crippen LogP contribution in [0.1, 0.15) is 39.4 Å². The normalized spacial score (nSPS) is 14.0. The van der Waals surface area contributed by atoms with Crippen molar-refractivity contribution >= 4 is 44.9 Å². The number of nitrogens with zero attached hydrogens (tertiary/aromatic N) is 2. The number of thiophene rings is 1. The van der Waals surface area contributed by atoms with Crippen LogP contribution in [-0.4, -0.2) is 55.4 Å². The number of carbonyl (C=O) groups is 2. The minimum atomic E-state index is -0.621. The number of carbonyl (C=O) groups excluding carboxylic acids is 2. The number of ether oxygens (including phenoxy) is 2. The largest absolute Gasteiger partial charge is 0.497 e. The molecule has 0 bridgehead atoms. The van der Waals surface area contributed by atoms with Gasteiger partial charge in [0.2, 0.25) is 0 Å². The van der Waals surface area contributed by atoms with Crippen LogP contribution in [-0.2, 0) is 10.3 Å². The van der Waals surface area contributed by atoms with Gasteiger partial charge in [0.25, 0.3) is 11.8 Å². The first-order chi connectivity index (χ1) is 17.8. The zero-order chi connectivity index (χ0) is 26.0. The number of benzene rings is 2. The molecule has 3 N–H and O–H groups in total. The van der Waals surface area contributed by atoms with Gasteiger partial charge in [-0.1, -0.05) is 12.1 Å². The summed E-state index contributed by atoms with van der Waals surface area (Å²) in [5.74, 6) is 0.715. The van der Waals surface area contributed by atoms with Gasteiger partial charge in [0, 0.05) is 24.3 Å². The summed E-state index contributed by atoms with van der Waals surface area (Å²) in [6, 6.07) is 16.9.